The zero-order valence-corrected chi connectivity index (χ0v) is 21.2. The summed E-state index contributed by atoms with van der Waals surface area (Å²) in [5, 5.41) is -0.347. The summed E-state index contributed by atoms with van der Waals surface area (Å²) in [5.74, 6) is -0.126. The van der Waals surface area contributed by atoms with Crippen LogP contribution in [-0.4, -0.2) is 31.2 Å². The largest absolute Gasteiger partial charge is 0.416 e. The van der Waals surface area contributed by atoms with E-state index in [1.165, 1.54) is 0 Å². The van der Waals surface area contributed by atoms with Crippen molar-refractivity contribution in [3.8, 4) is 0 Å². The van der Waals surface area contributed by atoms with Gasteiger partial charge in [0.1, 0.15) is 0 Å². The first-order valence-electron chi connectivity index (χ1n) is 12.3. The van der Waals surface area contributed by atoms with Crippen LogP contribution < -0.4 is 4.90 Å². The highest BCUT2D eigenvalue weighted by Crippen LogP contribution is 2.35. The van der Waals surface area contributed by atoms with Gasteiger partial charge in [-0.1, -0.05) is 18.9 Å². The number of benzene rings is 2. The predicted molar refractivity (Wildman–Crippen MR) is 132 cm³/mol. The molecule has 5 nitrogen and oxygen atoms in total. The van der Waals surface area contributed by atoms with E-state index in [1.807, 2.05) is 6.07 Å². The molecular formula is C27H30F3NO4S. The normalized spacial score (nSPS) is 20.8. The van der Waals surface area contributed by atoms with Crippen LogP contribution in [0.3, 0.4) is 0 Å². The van der Waals surface area contributed by atoms with E-state index in [4.69, 9.17) is 0 Å². The van der Waals surface area contributed by atoms with Crippen LogP contribution >= 0.6 is 0 Å². The molecular weight excluding hydrogens is 491 g/mol. The number of amides is 2. The maximum absolute atomic E-state index is 13.0. The second-order valence-electron chi connectivity index (χ2n) is 10.2. The standard InChI is InChI=1S/C27H30F3NO4S/c1-17(2)36(34,35)16-20-7-4-18(5-8-20)3-6-19-9-14-23-24(15-19)26(33)31(25(23)32)22-12-10-21(11-13-22)27(28,29)30/h9-15,17-18,20H,3-8,16H2,1-2H3. The Morgan fingerprint density at radius 3 is 2.06 bits per heavy atom. The Kier molecular flexibility index (Phi) is 7.33. The van der Waals surface area contributed by atoms with Gasteiger partial charge in [-0.3, -0.25) is 9.59 Å². The summed E-state index contributed by atoms with van der Waals surface area (Å²) < 4.78 is 63.0. The van der Waals surface area contributed by atoms with E-state index in [0.29, 0.717) is 5.92 Å². The lowest BCUT2D eigenvalue weighted by molar-refractivity contribution is -0.137. The van der Waals surface area contributed by atoms with Crippen molar-refractivity contribution in [2.45, 2.75) is 63.8 Å². The van der Waals surface area contributed by atoms with Crippen molar-refractivity contribution < 1.29 is 31.2 Å². The van der Waals surface area contributed by atoms with E-state index < -0.39 is 33.4 Å². The topological polar surface area (TPSA) is 71.5 Å². The van der Waals surface area contributed by atoms with Gasteiger partial charge < -0.3 is 0 Å². The highest BCUT2D eigenvalue weighted by Gasteiger charge is 2.38. The molecule has 0 aromatic heterocycles. The molecule has 1 saturated carbocycles. The number of halogens is 3. The molecule has 36 heavy (non-hydrogen) atoms. The van der Waals surface area contributed by atoms with Gasteiger partial charge in [-0.25, -0.2) is 13.3 Å². The molecule has 1 fully saturated rings. The molecule has 0 bridgehead atoms. The van der Waals surface area contributed by atoms with Crippen LogP contribution in [0.1, 0.15) is 77.8 Å². The van der Waals surface area contributed by atoms with Crippen molar-refractivity contribution in [1.29, 1.82) is 0 Å². The van der Waals surface area contributed by atoms with Crippen LogP contribution in [-0.2, 0) is 22.4 Å². The number of sulfone groups is 1. The van der Waals surface area contributed by atoms with Gasteiger partial charge in [0.05, 0.1) is 33.4 Å². The van der Waals surface area contributed by atoms with Crippen molar-refractivity contribution in [3.63, 3.8) is 0 Å². The van der Waals surface area contributed by atoms with Crippen LogP contribution in [0.2, 0.25) is 0 Å². The van der Waals surface area contributed by atoms with Crippen LogP contribution in [0.5, 0.6) is 0 Å². The maximum Gasteiger partial charge on any atom is 0.416 e. The fourth-order valence-electron chi connectivity index (χ4n) is 5.06. The molecule has 0 spiro atoms. The SMILES string of the molecule is CC(C)S(=O)(=O)CC1CCC(CCc2ccc3c(c2)C(=O)N(c2ccc(C(F)(F)F)cc2)C3=O)CC1. The third-order valence-corrected chi connectivity index (χ3v) is 9.77. The molecule has 2 amide bonds. The summed E-state index contributed by atoms with van der Waals surface area (Å²) in [7, 11) is -3.03. The Morgan fingerprint density at radius 2 is 1.47 bits per heavy atom. The van der Waals surface area contributed by atoms with Crippen molar-refractivity contribution >= 4 is 27.3 Å². The van der Waals surface area contributed by atoms with Crippen LogP contribution in [0, 0.1) is 11.8 Å². The summed E-state index contributed by atoms with van der Waals surface area (Å²) in [6.45, 7) is 3.44. The highest BCUT2D eigenvalue weighted by atomic mass is 32.2. The van der Waals surface area contributed by atoms with Gasteiger partial charge in [0.25, 0.3) is 11.8 Å². The molecule has 9 heteroatoms. The first-order chi connectivity index (χ1) is 16.9. The molecule has 1 aliphatic heterocycles. The van der Waals surface area contributed by atoms with E-state index >= 15 is 0 Å². The Morgan fingerprint density at radius 1 is 0.889 bits per heavy atom. The molecule has 0 atom stereocenters. The van der Waals surface area contributed by atoms with Gasteiger partial charge in [0.2, 0.25) is 0 Å². The number of fused-ring (bicyclic) bond motifs is 1. The van der Waals surface area contributed by atoms with Crippen molar-refractivity contribution in [2.75, 3.05) is 10.7 Å². The number of rotatable bonds is 7. The summed E-state index contributed by atoms with van der Waals surface area (Å²) in [5.41, 5.74) is 0.692. The third kappa shape index (κ3) is 5.51. The maximum atomic E-state index is 13.0. The second-order valence-corrected chi connectivity index (χ2v) is 12.8. The molecule has 1 heterocycles. The number of hydrogen-bond acceptors (Lipinski definition) is 4. The zero-order chi connectivity index (χ0) is 26.3. The number of nitrogens with zero attached hydrogens (tertiary/aromatic N) is 1. The minimum Gasteiger partial charge on any atom is -0.268 e. The first kappa shape index (κ1) is 26.4. The molecule has 0 saturated heterocycles. The minimum absolute atomic E-state index is 0.104. The number of aryl methyl sites for hydroxylation is 1. The monoisotopic (exact) mass is 521 g/mol. The van der Waals surface area contributed by atoms with E-state index in [-0.39, 0.29) is 33.7 Å². The lowest BCUT2D eigenvalue weighted by atomic mass is 9.80. The zero-order valence-electron chi connectivity index (χ0n) is 20.3. The number of carbonyl (C=O) groups is 2. The molecule has 0 N–H and O–H groups in total. The van der Waals surface area contributed by atoms with E-state index in [0.717, 1.165) is 73.3 Å². The summed E-state index contributed by atoms with van der Waals surface area (Å²) in [6.07, 6.45) is 0.888. The molecule has 194 valence electrons. The second kappa shape index (κ2) is 10.00. The van der Waals surface area contributed by atoms with Gasteiger partial charge in [-0.2, -0.15) is 13.2 Å². The minimum atomic E-state index is -4.50. The van der Waals surface area contributed by atoms with Gasteiger partial charge in [-0.15, -0.1) is 0 Å². The van der Waals surface area contributed by atoms with Gasteiger partial charge in [-0.05, 0) is 93.3 Å². The molecule has 1 aliphatic carbocycles. The summed E-state index contributed by atoms with van der Waals surface area (Å²) in [4.78, 5) is 26.7. The number of anilines is 1. The fourth-order valence-corrected chi connectivity index (χ4v) is 6.43. The summed E-state index contributed by atoms with van der Waals surface area (Å²) >= 11 is 0. The van der Waals surface area contributed by atoms with Gasteiger partial charge in [0, 0.05) is 0 Å². The molecule has 2 aromatic rings. The Labute approximate surface area is 209 Å². The average molecular weight is 522 g/mol. The average Bonchev–Trinajstić information content (AvgIpc) is 3.07. The number of carbonyl (C=O) groups excluding carboxylic acids is 2. The number of hydrogen-bond donors (Lipinski definition) is 0. The van der Waals surface area contributed by atoms with Crippen LogP contribution in [0.4, 0.5) is 18.9 Å². The lowest BCUT2D eigenvalue weighted by Gasteiger charge is -2.28. The highest BCUT2D eigenvalue weighted by molar-refractivity contribution is 7.91. The number of imide groups is 1. The first-order valence-corrected chi connectivity index (χ1v) is 14.0. The predicted octanol–water partition coefficient (Wildman–Crippen LogP) is 6.07. The Balaban J connectivity index is 1.37. The molecule has 0 radical (unpaired) electrons. The van der Waals surface area contributed by atoms with Crippen LogP contribution in [0.25, 0.3) is 0 Å². The van der Waals surface area contributed by atoms with Crippen LogP contribution in [0.15, 0.2) is 42.5 Å². The summed E-state index contributed by atoms with van der Waals surface area (Å²) in [6, 6.07) is 9.13. The smallest absolute Gasteiger partial charge is 0.268 e. The Hall–Kier alpha value is -2.68. The van der Waals surface area contributed by atoms with E-state index in [1.54, 1.807) is 26.0 Å². The van der Waals surface area contributed by atoms with E-state index in [2.05, 4.69) is 0 Å². The fraction of sp³-hybridized carbons (Fsp3) is 0.481. The van der Waals surface area contributed by atoms with Gasteiger partial charge in [0.15, 0.2) is 9.84 Å². The van der Waals surface area contributed by atoms with Crippen molar-refractivity contribution in [3.05, 3.63) is 64.7 Å². The molecule has 2 aromatic carbocycles. The third-order valence-electron chi connectivity index (χ3n) is 7.40. The lowest BCUT2D eigenvalue weighted by Crippen LogP contribution is -2.29. The molecule has 2 aliphatic rings. The molecule has 0 unspecified atom stereocenters. The quantitative estimate of drug-likeness (QED) is 0.415. The van der Waals surface area contributed by atoms with E-state index in [9.17, 15) is 31.2 Å². The number of alkyl halides is 3. The van der Waals surface area contributed by atoms with Gasteiger partial charge >= 0.3 is 6.18 Å². The molecule has 4 rings (SSSR count). The van der Waals surface area contributed by atoms with Crippen molar-refractivity contribution in [1.82, 2.24) is 0 Å². The van der Waals surface area contributed by atoms with Crippen molar-refractivity contribution in [2.24, 2.45) is 11.8 Å². The Bertz CT molecular complexity index is 1240.